The number of para-hydroxylation sites is 1. The van der Waals surface area contributed by atoms with Crippen LogP contribution >= 0.6 is 0 Å². The Hall–Kier alpha value is -3.59. The molecular weight excluding hydrogens is 445 g/mol. The highest BCUT2D eigenvalue weighted by Crippen LogP contribution is 2.27. The van der Waals surface area contributed by atoms with E-state index in [9.17, 15) is 18.0 Å². The largest absolute Gasteiger partial charge is 0.573 e. The summed E-state index contributed by atoms with van der Waals surface area (Å²) in [6.45, 7) is 1.88. The highest BCUT2D eigenvalue weighted by molar-refractivity contribution is 6.04. The van der Waals surface area contributed by atoms with E-state index in [1.54, 1.807) is 36.7 Å². The molecule has 4 rings (SSSR count). The Labute approximate surface area is 195 Å². The normalized spacial score (nSPS) is 14.6. The maximum absolute atomic E-state index is 12.6. The number of nitrogens with one attached hydrogen (secondary N) is 2. The maximum Gasteiger partial charge on any atom is 0.573 e. The molecule has 1 saturated heterocycles. The van der Waals surface area contributed by atoms with Gasteiger partial charge in [-0.3, -0.25) is 9.78 Å². The summed E-state index contributed by atoms with van der Waals surface area (Å²) < 4.78 is 42.0. The quantitative estimate of drug-likeness (QED) is 0.509. The number of pyridine rings is 1. The Kier molecular flexibility index (Phi) is 7.32. The zero-order valence-electron chi connectivity index (χ0n) is 18.4. The molecule has 0 spiro atoms. The van der Waals surface area contributed by atoms with E-state index in [0.29, 0.717) is 23.4 Å². The molecule has 9 heteroatoms. The Balaban J connectivity index is 1.30. The van der Waals surface area contributed by atoms with Crippen LogP contribution in [0.15, 0.2) is 73.1 Å². The highest BCUT2D eigenvalue weighted by Gasteiger charge is 2.32. The number of ether oxygens (including phenoxy) is 1. The number of carbonyl (C=O) groups is 1. The van der Waals surface area contributed by atoms with Gasteiger partial charge in [-0.1, -0.05) is 24.3 Å². The van der Waals surface area contributed by atoms with E-state index in [4.69, 9.17) is 0 Å². The van der Waals surface area contributed by atoms with E-state index >= 15 is 0 Å². The third-order valence-electron chi connectivity index (χ3n) is 5.69. The second-order valence-corrected chi connectivity index (χ2v) is 8.04. The summed E-state index contributed by atoms with van der Waals surface area (Å²) in [5.74, 6) is -0.372. The van der Waals surface area contributed by atoms with Crippen molar-refractivity contribution in [2.45, 2.75) is 31.8 Å². The van der Waals surface area contributed by atoms with E-state index in [0.717, 1.165) is 31.6 Å². The van der Waals surface area contributed by atoms with Crippen molar-refractivity contribution in [1.82, 2.24) is 10.3 Å². The average Bonchev–Trinajstić information content (AvgIpc) is 2.84. The van der Waals surface area contributed by atoms with Crippen LogP contribution in [0.3, 0.4) is 0 Å². The molecule has 2 N–H and O–H groups in total. The van der Waals surface area contributed by atoms with Gasteiger partial charge in [0.25, 0.3) is 5.91 Å². The molecule has 0 unspecified atom stereocenters. The predicted octanol–water partition coefficient (Wildman–Crippen LogP) is 4.99. The first-order valence-corrected chi connectivity index (χ1v) is 11.0. The van der Waals surface area contributed by atoms with E-state index in [1.807, 2.05) is 24.3 Å². The van der Waals surface area contributed by atoms with Gasteiger partial charge < -0.3 is 20.3 Å². The van der Waals surface area contributed by atoms with Gasteiger partial charge in [0, 0.05) is 60.6 Å². The van der Waals surface area contributed by atoms with Crippen molar-refractivity contribution in [1.29, 1.82) is 0 Å². The predicted molar refractivity (Wildman–Crippen MR) is 124 cm³/mol. The Morgan fingerprint density at radius 1 is 1.03 bits per heavy atom. The third-order valence-corrected chi connectivity index (χ3v) is 5.69. The van der Waals surface area contributed by atoms with Crippen molar-refractivity contribution in [2.75, 3.05) is 23.3 Å². The molecule has 6 nitrogen and oxygen atoms in total. The summed E-state index contributed by atoms with van der Waals surface area (Å²) in [7, 11) is 0. The van der Waals surface area contributed by atoms with Crippen LogP contribution in [0.5, 0.6) is 5.75 Å². The van der Waals surface area contributed by atoms with Crippen molar-refractivity contribution in [3.63, 3.8) is 0 Å². The van der Waals surface area contributed by atoms with Crippen LogP contribution in [-0.4, -0.2) is 36.4 Å². The van der Waals surface area contributed by atoms with Crippen LogP contribution in [0.4, 0.5) is 24.5 Å². The lowest BCUT2D eigenvalue weighted by Gasteiger charge is -2.34. The molecule has 178 valence electrons. The van der Waals surface area contributed by atoms with Gasteiger partial charge in [0.1, 0.15) is 5.75 Å². The summed E-state index contributed by atoms with van der Waals surface area (Å²) >= 11 is 0. The summed E-state index contributed by atoms with van der Waals surface area (Å²) in [5, 5.41) is 6.26. The van der Waals surface area contributed by atoms with Crippen molar-refractivity contribution in [3.8, 4) is 5.75 Å². The van der Waals surface area contributed by atoms with Gasteiger partial charge in [0.05, 0.1) is 0 Å². The summed E-state index contributed by atoms with van der Waals surface area (Å²) in [5.41, 5.74) is 2.73. The second kappa shape index (κ2) is 10.6. The summed E-state index contributed by atoms with van der Waals surface area (Å²) in [4.78, 5) is 18.6. The smallest absolute Gasteiger partial charge is 0.405 e. The lowest BCUT2D eigenvalue weighted by atomic mass is 10.0. The number of piperidine rings is 1. The number of rotatable bonds is 7. The molecule has 1 aromatic heterocycles. The third kappa shape index (κ3) is 6.48. The second-order valence-electron chi connectivity index (χ2n) is 8.04. The molecule has 0 saturated carbocycles. The molecule has 1 amide bonds. The number of alkyl halides is 3. The summed E-state index contributed by atoms with van der Waals surface area (Å²) in [6, 6.07) is 17.4. The topological polar surface area (TPSA) is 66.5 Å². The lowest BCUT2D eigenvalue weighted by Crippen LogP contribution is -2.42. The molecule has 0 bridgehead atoms. The number of nitrogens with zero attached hydrogens (tertiary/aromatic N) is 2. The molecule has 2 aromatic carbocycles. The van der Waals surface area contributed by atoms with E-state index < -0.39 is 6.36 Å². The molecule has 0 atom stereocenters. The van der Waals surface area contributed by atoms with E-state index in [-0.39, 0.29) is 17.7 Å². The van der Waals surface area contributed by atoms with Gasteiger partial charge in [-0.25, -0.2) is 0 Å². The summed E-state index contributed by atoms with van der Waals surface area (Å²) in [6.07, 6.45) is 0.122. The molecule has 2 heterocycles. The first kappa shape index (κ1) is 23.6. The average molecular weight is 470 g/mol. The van der Waals surface area contributed by atoms with Crippen LogP contribution in [0.25, 0.3) is 0 Å². The molecule has 34 heavy (non-hydrogen) atoms. The molecule has 1 aliphatic heterocycles. The number of amides is 1. The highest BCUT2D eigenvalue weighted by atomic mass is 19.4. The fraction of sp³-hybridized carbons (Fsp3) is 0.280. The van der Waals surface area contributed by atoms with Gasteiger partial charge in [-0.15, -0.1) is 13.2 Å². The lowest BCUT2D eigenvalue weighted by molar-refractivity contribution is -0.274. The van der Waals surface area contributed by atoms with Crippen LogP contribution in [0.2, 0.25) is 0 Å². The fourth-order valence-electron chi connectivity index (χ4n) is 3.96. The zero-order chi connectivity index (χ0) is 24.0. The van der Waals surface area contributed by atoms with Crippen LogP contribution < -0.4 is 20.3 Å². The molecule has 1 fully saturated rings. The number of hydrogen-bond donors (Lipinski definition) is 2. The number of benzene rings is 2. The maximum atomic E-state index is 12.6. The van der Waals surface area contributed by atoms with Crippen molar-refractivity contribution >= 4 is 17.3 Å². The minimum atomic E-state index is -4.71. The molecule has 3 aromatic rings. The van der Waals surface area contributed by atoms with E-state index in [1.165, 1.54) is 12.1 Å². The Bertz CT molecular complexity index is 1100. The molecule has 1 aliphatic rings. The van der Waals surface area contributed by atoms with Gasteiger partial charge in [-0.05, 0) is 49.2 Å². The van der Waals surface area contributed by atoms with Gasteiger partial charge in [-0.2, -0.15) is 0 Å². The van der Waals surface area contributed by atoms with Crippen LogP contribution in [0, 0.1) is 0 Å². The van der Waals surface area contributed by atoms with Crippen molar-refractivity contribution in [2.24, 2.45) is 0 Å². The number of hydrogen-bond acceptors (Lipinski definition) is 5. The zero-order valence-corrected chi connectivity index (χ0v) is 18.4. The first-order chi connectivity index (χ1) is 16.4. The molecule has 0 aliphatic carbocycles. The Morgan fingerprint density at radius 3 is 2.50 bits per heavy atom. The first-order valence-electron chi connectivity index (χ1n) is 11.0. The van der Waals surface area contributed by atoms with E-state index in [2.05, 4.69) is 25.3 Å². The number of carbonyl (C=O) groups excluding carboxylic acids is 1. The van der Waals surface area contributed by atoms with Crippen molar-refractivity contribution in [3.05, 3.63) is 84.2 Å². The van der Waals surface area contributed by atoms with Gasteiger partial charge >= 0.3 is 6.36 Å². The van der Waals surface area contributed by atoms with Gasteiger partial charge in [0.15, 0.2) is 0 Å². The molecular formula is C25H25F3N4O2. The van der Waals surface area contributed by atoms with Crippen molar-refractivity contribution < 1.29 is 22.7 Å². The SMILES string of the molecule is O=C(Nc1cccc(N2CCC(NCc3ccccc3OC(F)(F)F)CC2)c1)c1ccncc1. The number of aromatic nitrogens is 1. The minimum Gasteiger partial charge on any atom is -0.405 e. The fourth-order valence-corrected chi connectivity index (χ4v) is 3.96. The standard InChI is InChI=1S/C25H25F3N4O2/c26-25(27,28)34-23-7-2-1-4-19(23)17-30-20-10-14-32(15-11-20)22-6-3-5-21(16-22)31-24(33)18-8-12-29-13-9-18/h1-9,12-13,16,20,30H,10-11,14-15,17H2,(H,31,33). The Morgan fingerprint density at radius 2 is 1.76 bits per heavy atom. The number of halogens is 3. The monoisotopic (exact) mass is 470 g/mol. The van der Waals surface area contributed by atoms with Crippen LogP contribution in [-0.2, 0) is 6.54 Å². The number of anilines is 2. The molecule has 0 radical (unpaired) electrons. The van der Waals surface area contributed by atoms with Crippen LogP contribution in [0.1, 0.15) is 28.8 Å². The minimum absolute atomic E-state index is 0.175. The van der Waals surface area contributed by atoms with Gasteiger partial charge in [0.2, 0.25) is 0 Å².